The molecule has 1 N–H and O–H groups in total. The van der Waals surface area contributed by atoms with Crippen molar-refractivity contribution in [3.05, 3.63) is 81.9 Å². The number of nitrogens with one attached hydrogen (secondary N) is 1. The van der Waals surface area contributed by atoms with E-state index in [2.05, 4.69) is 5.32 Å². The maximum absolute atomic E-state index is 13.9. The summed E-state index contributed by atoms with van der Waals surface area (Å²) in [5, 5.41) is 2.47. The van der Waals surface area contributed by atoms with Gasteiger partial charge in [0.05, 0.1) is 10.5 Å². The van der Waals surface area contributed by atoms with Crippen LogP contribution in [0.1, 0.15) is 5.76 Å². The van der Waals surface area contributed by atoms with Gasteiger partial charge in [0.2, 0.25) is 5.91 Å². The van der Waals surface area contributed by atoms with Gasteiger partial charge in [0.1, 0.15) is 29.7 Å². The monoisotopic (exact) mass is 474 g/mol. The maximum Gasteiger partial charge on any atom is 0.294 e. The molecule has 0 unspecified atom stereocenters. The zero-order valence-corrected chi connectivity index (χ0v) is 17.7. The molecule has 0 atom stereocenters. The van der Waals surface area contributed by atoms with Crippen LogP contribution in [0.4, 0.5) is 19.3 Å². The summed E-state index contributed by atoms with van der Waals surface area (Å²) in [5.41, 5.74) is 0.524. The van der Waals surface area contributed by atoms with Crippen LogP contribution in [0.25, 0.3) is 17.4 Å². The molecule has 2 heterocycles. The number of benzene rings is 2. The van der Waals surface area contributed by atoms with Gasteiger partial charge >= 0.3 is 0 Å². The number of hydrogen-bond donors (Lipinski definition) is 1. The zero-order valence-electron chi connectivity index (χ0n) is 16.1. The molecular formula is C22H13ClF2N2O4S. The first kappa shape index (κ1) is 21.8. The predicted molar refractivity (Wildman–Crippen MR) is 117 cm³/mol. The molecule has 6 nitrogen and oxygen atoms in total. The number of halogens is 3. The van der Waals surface area contributed by atoms with Crippen LogP contribution in [0, 0.1) is 11.6 Å². The van der Waals surface area contributed by atoms with E-state index in [1.165, 1.54) is 24.3 Å². The summed E-state index contributed by atoms with van der Waals surface area (Å²) < 4.78 is 32.6. The Balaban J connectivity index is 1.46. The molecular weight excluding hydrogens is 462 g/mol. The molecule has 4 rings (SSSR count). The van der Waals surface area contributed by atoms with Crippen LogP contribution >= 0.6 is 23.4 Å². The number of amides is 3. The second-order valence-corrected chi connectivity index (χ2v) is 8.08. The van der Waals surface area contributed by atoms with Gasteiger partial charge < -0.3 is 9.73 Å². The van der Waals surface area contributed by atoms with Gasteiger partial charge in [0, 0.05) is 22.9 Å². The molecule has 3 amide bonds. The average molecular weight is 475 g/mol. The smallest absolute Gasteiger partial charge is 0.294 e. The Kier molecular flexibility index (Phi) is 6.11. The minimum Gasteiger partial charge on any atom is -0.457 e. The fraction of sp³-hybridized carbons (Fsp3) is 0.0455. The van der Waals surface area contributed by atoms with Crippen molar-refractivity contribution in [3.63, 3.8) is 0 Å². The number of rotatable bonds is 5. The summed E-state index contributed by atoms with van der Waals surface area (Å²) in [5.74, 6) is -2.39. The molecule has 0 radical (unpaired) electrons. The van der Waals surface area contributed by atoms with Gasteiger partial charge in [-0.1, -0.05) is 11.6 Å². The van der Waals surface area contributed by atoms with Gasteiger partial charge in [-0.05, 0) is 60.3 Å². The van der Waals surface area contributed by atoms with Crippen molar-refractivity contribution < 1.29 is 27.6 Å². The van der Waals surface area contributed by atoms with Crippen molar-refractivity contribution in [2.45, 2.75) is 0 Å². The highest BCUT2D eigenvalue weighted by atomic mass is 35.5. The van der Waals surface area contributed by atoms with Crippen LogP contribution in [0.5, 0.6) is 0 Å². The lowest BCUT2D eigenvalue weighted by atomic mass is 10.1. The van der Waals surface area contributed by atoms with Gasteiger partial charge in [0.15, 0.2) is 0 Å². The van der Waals surface area contributed by atoms with Crippen LogP contribution in [0.15, 0.2) is 63.9 Å². The molecule has 0 bridgehead atoms. The van der Waals surface area contributed by atoms with Crippen molar-refractivity contribution in [1.82, 2.24) is 4.90 Å². The van der Waals surface area contributed by atoms with Crippen LogP contribution in [0.2, 0.25) is 5.02 Å². The third-order valence-corrected chi connectivity index (χ3v) is 5.56. The fourth-order valence-electron chi connectivity index (χ4n) is 2.91. The van der Waals surface area contributed by atoms with Gasteiger partial charge in [-0.3, -0.25) is 19.3 Å². The molecule has 162 valence electrons. The largest absolute Gasteiger partial charge is 0.457 e. The first-order valence-electron chi connectivity index (χ1n) is 9.16. The Labute approximate surface area is 189 Å². The summed E-state index contributed by atoms with van der Waals surface area (Å²) >= 11 is 6.45. The molecule has 3 aromatic rings. The van der Waals surface area contributed by atoms with E-state index >= 15 is 0 Å². The number of imide groups is 1. The quantitative estimate of drug-likeness (QED) is 0.490. The molecule has 1 aliphatic heterocycles. The van der Waals surface area contributed by atoms with Gasteiger partial charge in [-0.15, -0.1) is 0 Å². The lowest BCUT2D eigenvalue weighted by Gasteiger charge is -2.12. The molecule has 1 fully saturated rings. The van der Waals surface area contributed by atoms with Crippen LogP contribution in [0.3, 0.4) is 0 Å². The Morgan fingerprint density at radius 2 is 1.84 bits per heavy atom. The van der Waals surface area contributed by atoms with Crippen molar-refractivity contribution in [2.24, 2.45) is 0 Å². The van der Waals surface area contributed by atoms with Crippen molar-refractivity contribution in [3.8, 4) is 11.3 Å². The molecule has 0 aliphatic carbocycles. The Morgan fingerprint density at radius 3 is 2.56 bits per heavy atom. The molecule has 10 heteroatoms. The second kappa shape index (κ2) is 8.97. The predicted octanol–water partition coefficient (Wildman–Crippen LogP) is 5.55. The molecule has 2 aromatic carbocycles. The molecule has 1 saturated heterocycles. The van der Waals surface area contributed by atoms with Gasteiger partial charge in [0.25, 0.3) is 11.1 Å². The number of thioether (sulfide) groups is 1. The number of nitrogens with zero attached hydrogens (tertiary/aromatic N) is 1. The summed E-state index contributed by atoms with van der Waals surface area (Å²) in [6.07, 6.45) is 1.33. The lowest BCUT2D eigenvalue weighted by Crippen LogP contribution is -2.36. The SMILES string of the molecule is O=C(CN1C(=O)S/C(=C/c2ccc(-c3ccc(F)cc3F)o2)C1=O)Nc1ccc(Cl)cc1. The van der Waals surface area contributed by atoms with E-state index in [9.17, 15) is 23.2 Å². The number of carbonyl (C=O) groups is 3. The minimum absolute atomic E-state index is 0.0507. The highest BCUT2D eigenvalue weighted by Crippen LogP contribution is 2.33. The third kappa shape index (κ3) is 4.74. The van der Waals surface area contributed by atoms with Crippen LogP contribution < -0.4 is 5.32 Å². The zero-order chi connectivity index (χ0) is 22.8. The summed E-state index contributed by atoms with van der Waals surface area (Å²) in [6.45, 7) is -0.463. The molecule has 0 saturated carbocycles. The minimum atomic E-state index is -0.794. The molecule has 1 aliphatic rings. The standard InChI is InChI=1S/C22H13ClF2N2O4S/c23-12-1-4-14(5-2-12)26-20(28)11-27-21(29)19(32-22(27)30)10-15-6-8-18(31-15)16-7-3-13(24)9-17(16)25/h1-10H,11H2,(H,26,28)/b19-10+. The van der Waals surface area contributed by atoms with E-state index in [0.29, 0.717) is 22.5 Å². The number of hydrogen-bond acceptors (Lipinski definition) is 5. The topological polar surface area (TPSA) is 79.6 Å². The van der Waals surface area contributed by atoms with Crippen molar-refractivity contribution >= 4 is 52.2 Å². The van der Waals surface area contributed by atoms with E-state index in [-0.39, 0.29) is 22.0 Å². The van der Waals surface area contributed by atoms with Crippen molar-refractivity contribution in [1.29, 1.82) is 0 Å². The summed E-state index contributed by atoms with van der Waals surface area (Å²) in [7, 11) is 0. The van der Waals surface area contributed by atoms with Gasteiger partial charge in [-0.25, -0.2) is 8.78 Å². The molecule has 1 aromatic heterocycles. The lowest BCUT2D eigenvalue weighted by molar-refractivity contribution is -0.127. The van der Waals surface area contributed by atoms with E-state index in [4.69, 9.17) is 16.0 Å². The number of anilines is 1. The highest BCUT2D eigenvalue weighted by Gasteiger charge is 2.36. The Bertz CT molecular complexity index is 1260. The van der Waals surface area contributed by atoms with E-state index < -0.39 is 35.2 Å². The maximum atomic E-state index is 13.9. The van der Waals surface area contributed by atoms with Crippen molar-refractivity contribution in [2.75, 3.05) is 11.9 Å². The first-order chi connectivity index (χ1) is 15.3. The normalized spacial score (nSPS) is 15.0. The fourth-order valence-corrected chi connectivity index (χ4v) is 3.85. The molecule has 32 heavy (non-hydrogen) atoms. The molecule has 0 spiro atoms. The van der Waals surface area contributed by atoms with E-state index in [1.807, 2.05) is 0 Å². The first-order valence-corrected chi connectivity index (χ1v) is 10.4. The van der Waals surface area contributed by atoms with Gasteiger partial charge in [-0.2, -0.15) is 0 Å². The number of carbonyl (C=O) groups excluding carboxylic acids is 3. The number of furan rings is 1. The van der Waals surface area contributed by atoms with Crippen LogP contribution in [-0.4, -0.2) is 28.5 Å². The van der Waals surface area contributed by atoms with E-state index in [1.54, 1.807) is 24.3 Å². The third-order valence-electron chi connectivity index (χ3n) is 4.40. The second-order valence-electron chi connectivity index (χ2n) is 6.65. The van der Waals surface area contributed by atoms with E-state index in [0.717, 1.165) is 17.0 Å². The summed E-state index contributed by atoms with van der Waals surface area (Å²) in [4.78, 5) is 37.9. The summed E-state index contributed by atoms with van der Waals surface area (Å²) in [6, 6.07) is 12.4. The Hall–Kier alpha value is -3.43. The van der Waals surface area contributed by atoms with Crippen LogP contribution in [-0.2, 0) is 9.59 Å². The Morgan fingerprint density at radius 1 is 1.09 bits per heavy atom. The average Bonchev–Trinajstić information content (AvgIpc) is 3.30. The highest BCUT2D eigenvalue weighted by molar-refractivity contribution is 8.18.